The van der Waals surface area contributed by atoms with Gasteiger partial charge in [0.05, 0.1) is 11.2 Å². The van der Waals surface area contributed by atoms with Crippen molar-refractivity contribution in [1.29, 1.82) is 0 Å². The van der Waals surface area contributed by atoms with Crippen molar-refractivity contribution >= 4 is 22.9 Å². The quantitative estimate of drug-likeness (QED) is 0.897. The van der Waals surface area contributed by atoms with Crippen molar-refractivity contribution in [3.8, 4) is 0 Å². The van der Waals surface area contributed by atoms with Gasteiger partial charge in [-0.25, -0.2) is 4.98 Å². The van der Waals surface area contributed by atoms with Gasteiger partial charge in [-0.3, -0.25) is 0 Å². The van der Waals surface area contributed by atoms with E-state index in [1.54, 1.807) is 17.5 Å². The maximum Gasteiger partial charge on any atom is 0.113 e. The lowest BCUT2D eigenvalue weighted by molar-refractivity contribution is 0.280. The second-order valence-corrected chi connectivity index (χ2v) is 6.69. The van der Waals surface area contributed by atoms with Crippen molar-refractivity contribution in [1.82, 2.24) is 10.3 Å². The van der Waals surface area contributed by atoms with E-state index < -0.39 is 0 Å². The molecule has 2 atom stereocenters. The van der Waals surface area contributed by atoms with Gasteiger partial charge >= 0.3 is 0 Å². The Morgan fingerprint density at radius 3 is 3.06 bits per heavy atom. The van der Waals surface area contributed by atoms with Gasteiger partial charge in [-0.1, -0.05) is 25.4 Å². The average Bonchev–Trinajstić information content (AvgIpc) is 2.65. The molecule has 0 radical (unpaired) electrons. The first-order valence-corrected chi connectivity index (χ1v) is 7.18. The van der Waals surface area contributed by atoms with Crippen molar-refractivity contribution in [2.45, 2.75) is 32.6 Å². The molecular formula is C12H19ClN2S. The molecule has 4 heteroatoms. The largest absolute Gasteiger partial charge is 0.316 e. The van der Waals surface area contributed by atoms with Crippen LogP contribution in [-0.2, 0) is 0 Å². The molecule has 0 aliphatic carbocycles. The van der Waals surface area contributed by atoms with E-state index in [9.17, 15) is 0 Å². The lowest BCUT2D eigenvalue weighted by Gasteiger charge is -2.32. The van der Waals surface area contributed by atoms with Crippen LogP contribution < -0.4 is 5.32 Å². The van der Waals surface area contributed by atoms with Gasteiger partial charge in [0.2, 0.25) is 0 Å². The third-order valence-electron chi connectivity index (χ3n) is 3.19. The zero-order valence-corrected chi connectivity index (χ0v) is 11.4. The first-order chi connectivity index (χ1) is 7.66. The fourth-order valence-corrected chi connectivity index (χ4v) is 3.70. The molecule has 1 aromatic heterocycles. The molecule has 2 nitrogen and oxygen atoms in total. The predicted molar refractivity (Wildman–Crippen MR) is 70.3 cm³/mol. The van der Waals surface area contributed by atoms with Crippen molar-refractivity contribution < 1.29 is 0 Å². The molecule has 1 fully saturated rings. The Hall–Kier alpha value is -0.120. The number of nitrogens with one attached hydrogen (secondary N) is 1. The summed E-state index contributed by atoms with van der Waals surface area (Å²) in [5, 5.41) is 4.72. The zero-order valence-electron chi connectivity index (χ0n) is 9.87. The molecule has 2 unspecified atom stereocenters. The minimum Gasteiger partial charge on any atom is -0.316 e. The number of rotatable bonds is 3. The van der Waals surface area contributed by atoms with Crippen LogP contribution in [-0.4, -0.2) is 18.1 Å². The lowest BCUT2D eigenvalue weighted by Crippen LogP contribution is -2.36. The molecule has 2 heterocycles. The Bertz CT molecular complexity index is 338. The monoisotopic (exact) mass is 258 g/mol. The van der Waals surface area contributed by atoms with Crippen molar-refractivity contribution in [2.75, 3.05) is 13.1 Å². The van der Waals surface area contributed by atoms with Crippen LogP contribution in [0.2, 0.25) is 4.34 Å². The van der Waals surface area contributed by atoms with Gasteiger partial charge in [0.1, 0.15) is 4.34 Å². The second-order valence-electron chi connectivity index (χ2n) is 4.99. The highest BCUT2D eigenvalue weighted by Crippen LogP contribution is 2.37. The summed E-state index contributed by atoms with van der Waals surface area (Å²) in [6, 6.07) is 0. The van der Waals surface area contributed by atoms with Crippen LogP contribution in [0.5, 0.6) is 0 Å². The summed E-state index contributed by atoms with van der Waals surface area (Å²) < 4.78 is 0.817. The van der Waals surface area contributed by atoms with Crippen molar-refractivity contribution in [2.24, 2.45) is 11.8 Å². The van der Waals surface area contributed by atoms with Crippen LogP contribution in [0.15, 0.2) is 6.20 Å². The molecule has 1 saturated heterocycles. The summed E-state index contributed by atoms with van der Waals surface area (Å²) in [5.41, 5.74) is 0. The van der Waals surface area contributed by atoms with Gasteiger partial charge in [0.15, 0.2) is 0 Å². The molecule has 0 saturated carbocycles. The fourth-order valence-electron chi connectivity index (χ4n) is 2.54. The highest BCUT2D eigenvalue weighted by molar-refractivity contribution is 7.15. The third-order valence-corrected chi connectivity index (χ3v) is 4.44. The van der Waals surface area contributed by atoms with Gasteiger partial charge in [0, 0.05) is 5.92 Å². The number of aromatic nitrogens is 1. The Morgan fingerprint density at radius 2 is 2.44 bits per heavy atom. The lowest BCUT2D eigenvalue weighted by atomic mass is 9.81. The maximum atomic E-state index is 5.97. The Morgan fingerprint density at radius 1 is 1.62 bits per heavy atom. The molecule has 16 heavy (non-hydrogen) atoms. The zero-order chi connectivity index (χ0) is 11.5. The number of piperidine rings is 1. The van der Waals surface area contributed by atoms with Crippen LogP contribution in [0.4, 0.5) is 0 Å². The van der Waals surface area contributed by atoms with Crippen molar-refractivity contribution in [3.63, 3.8) is 0 Å². The SMILES string of the molecule is CC(C)CC1CNCCC1c1ncc(Cl)s1. The summed E-state index contributed by atoms with van der Waals surface area (Å²) >= 11 is 7.63. The molecule has 0 bridgehead atoms. The summed E-state index contributed by atoms with van der Waals surface area (Å²) in [6.07, 6.45) is 4.26. The van der Waals surface area contributed by atoms with Gasteiger partial charge in [-0.05, 0) is 37.8 Å². The smallest absolute Gasteiger partial charge is 0.113 e. The van der Waals surface area contributed by atoms with Crippen LogP contribution in [0.1, 0.15) is 37.6 Å². The van der Waals surface area contributed by atoms with E-state index in [0.29, 0.717) is 5.92 Å². The minimum atomic E-state index is 0.612. The predicted octanol–water partition coefficient (Wildman–Crippen LogP) is 3.54. The molecule has 1 N–H and O–H groups in total. The number of nitrogens with zero attached hydrogens (tertiary/aromatic N) is 1. The standard InChI is InChI=1S/C12H19ClN2S/c1-8(2)5-9-6-14-4-3-10(9)12-15-7-11(13)16-12/h7-10,14H,3-6H2,1-2H3. The van der Waals surface area contributed by atoms with Crippen molar-refractivity contribution in [3.05, 3.63) is 15.5 Å². The fraction of sp³-hybridized carbons (Fsp3) is 0.750. The van der Waals surface area contributed by atoms with Crippen LogP contribution >= 0.6 is 22.9 Å². The molecule has 0 spiro atoms. The van der Waals surface area contributed by atoms with Gasteiger partial charge < -0.3 is 5.32 Å². The number of hydrogen-bond donors (Lipinski definition) is 1. The van der Waals surface area contributed by atoms with Gasteiger partial charge in [-0.2, -0.15) is 0 Å². The molecule has 1 aliphatic heterocycles. The highest BCUT2D eigenvalue weighted by Gasteiger charge is 2.28. The number of thiazole rings is 1. The van der Waals surface area contributed by atoms with Crippen LogP contribution in [0, 0.1) is 11.8 Å². The van der Waals surface area contributed by atoms with Crippen LogP contribution in [0.25, 0.3) is 0 Å². The normalized spacial score (nSPS) is 26.2. The molecule has 1 aliphatic rings. The summed E-state index contributed by atoms with van der Waals surface area (Å²) in [7, 11) is 0. The van der Waals surface area contributed by atoms with E-state index in [1.165, 1.54) is 17.8 Å². The molecule has 0 amide bonds. The van der Waals surface area contributed by atoms with Crippen LogP contribution in [0.3, 0.4) is 0 Å². The van der Waals surface area contributed by atoms with E-state index in [2.05, 4.69) is 24.1 Å². The molecule has 0 aromatic carbocycles. The first kappa shape index (κ1) is 12.3. The maximum absolute atomic E-state index is 5.97. The average molecular weight is 259 g/mol. The Kier molecular flexibility index (Phi) is 4.22. The summed E-state index contributed by atoms with van der Waals surface area (Å²) in [4.78, 5) is 4.46. The minimum absolute atomic E-state index is 0.612. The molecule has 2 rings (SSSR count). The van der Waals surface area contributed by atoms with E-state index in [-0.39, 0.29) is 0 Å². The third kappa shape index (κ3) is 2.96. The van der Waals surface area contributed by atoms with E-state index >= 15 is 0 Å². The van der Waals surface area contributed by atoms with E-state index in [4.69, 9.17) is 11.6 Å². The topological polar surface area (TPSA) is 24.9 Å². The Labute approximate surface area is 106 Å². The molecular weight excluding hydrogens is 240 g/mol. The van der Waals surface area contributed by atoms with E-state index in [1.807, 2.05) is 0 Å². The number of hydrogen-bond acceptors (Lipinski definition) is 3. The second kappa shape index (κ2) is 5.48. The van der Waals surface area contributed by atoms with Gasteiger partial charge in [-0.15, -0.1) is 11.3 Å². The molecule has 90 valence electrons. The summed E-state index contributed by atoms with van der Waals surface area (Å²) in [5.74, 6) is 2.08. The number of halogens is 1. The van der Waals surface area contributed by atoms with E-state index in [0.717, 1.165) is 29.3 Å². The molecule has 1 aromatic rings. The summed E-state index contributed by atoms with van der Waals surface area (Å²) in [6.45, 7) is 6.82. The first-order valence-electron chi connectivity index (χ1n) is 5.98. The highest BCUT2D eigenvalue weighted by atomic mass is 35.5. The Balaban J connectivity index is 2.10. The van der Waals surface area contributed by atoms with Gasteiger partial charge in [0.25, 0.3) is 0 Å².